The van der Waals surface area contributed by atoms with E-state index in [4.69, 9.17) is 10.7 Å². The highest BCUT2D eigenvalue weighted by atomic mass is 16.1. The van der Waals surface area contributed by atoms with Crippen molar-refractivity contribution in [1.29, 1.82) is 0 Å². The molecule has 0 aliphatic carbocycles. The van der Waals surface area contributed by atoms with Gasteiger partial charge in [-0.2, -0.15) is 0 Å². The van der Waals surface area contributed by atoms with Crippen LogP contribution in [0.2, 0.25) is 0 Å². The number of nitrogens with zero attached hydrogens (tertiary/aromatic N) is 3. The summed E-state index contributed by atoms with van der Waals surface area (Å²) in [5.41, 5.74) is 9.54. The van der Waals surface area contributed by atoms with Crippen molar-refractivity contribution in [1.82, 2.24) is 14.0 Å². The van der Waals surface area contributed by atoms with Crippen molar-refractivity contribution in [3.8, 4) is 5.69 Å². The average Bonchev–Trinajstić information content (AvgIpc) is 3.02. The summed E-state index contributed by atoms with van der Waals surface area (Å²) in [6, 6.07) is 20.7. The third-order valence-electron chi connectivity index (χ3n) is 4.46. The fourth-order valence-corrected chi connectivity index (χ4v) is 3.37. The van der Waals surface area contributed by atoms with Gasteiger partial charge in [-0.25, -0.2) is 4.98 Å². The van der Waals surface area contributed by atoms with Gasteiger partial charge in [0.25, 0.3) is 5.56 Å². The minimum atomic E-state index is -0.0839. The SMILES string of the molecule is Nc1cccc(-n2c(=O)c3ccccc3c3nc4ccccn4c32)c1. The number of aromatic nitrogens is 3. The first-order valence-corrected chi connectivity index (χ1v) is 8.00. The van der Waals surface area contributed by atoms with Crippen molar-refractivity contribution in [2.24, 2.45) is 0 Å². The van der Waals surface area contributed by atoms with Crippen LogP contribution < -0.4 is 11.3 Å². The van der Waals surface area contributed by atoms with E-state index in [1.54, 1.807) is 16.7 Å². The molecule has 0 bridgehead atoms. The van der Waals surface area contributed by atoms with Gasteiger partial charge in [0.2, 0.25) is 0 Å². The fourth-order valence-electron chi connectivity index (χ4n) is 3.37. The third-order valence-corrected chi connectivity index (χ3v) is 4.46. The molecule has 0 aliphatic heterocycles. The molecular weight excluding hydrogens is 312 g/mol. The second kappa shape index (κ2) is 4.95. The highest BCUT2D eigenvalue weighted by Gasteiger charge is 2.17. The van der Waals surface area contributed by atoms with E-state index in [-0.39, 0.29) is 5.56 Å². The molecular formula is C20H14N4O. The molecule has 0 unspecified atom stereocenters. The zero-order chi connectivity index (χ0) is 17.0. The number of rotatable bonds is 1. The highest BCUT2D eigenvalue weighted by molar-refractivity contribution is 6.04. The molecule has 25 heavy (non-hydrogen) atoms. The van der Waals surface area contributed by atoms with Gasteiger partial charge in [-0.3, -0.25) is 13.8 Å². The molecule has 5 nitrogen and oxygen atoms in total. The fraction of sp³-hybridized carbons (Fsp3) is 0. The second-order valence-corrected chi connectivity index (χ2v) is 5.99. The molecule has 0 spiro atoms. The standard InChI is InChI=1S/C20H14N4O/c21-13-6-5-7-14(12-13)24-19-18(22-17-10-3-4-11-23(17)19)15-8-1-2-9-16(15)20(24)25/h1-12H,21H2. The van der Waals surface area contributed by atoms with Crippen molar-refractivity contribution in [3.05, 3.63) is 83.3 Å². The molecule has 0 saturated heterocycles. The van der Waals surface area contributed by atoms with Gasteiger partial charge in [0.15, 0.2) is 5.65 Å². The summed E-state index contributed by atoms with van der Waals surface area (Å²) in [4.78, 5) is 18.0. The highest BCUT2D eigenvalue weighted by Crippen LogP contribution is 2.26. The third kappa shape index (κ3) is 1.89. The van der Waals surface area contributed by atoms with Crippen LogP contribution in [0.1, 0.15) is 0 Å². The molecule has 5 rings (SSSR count). The van der Waals surface area contributed by atoms with E-state index in [1.807, 2.05) is 65.2 Å². The van der Waals surface area contributed by atoms with E-state index in [9.17, 15) is 4.79 Å². The zero-order valence-electron chi connectivity index (χ0n) is 13.3. The Labute approximate surface area is 142 Å². The van der Waals surface area contributed by atoms with Crippen molar-refractivity contribution in [3.63, 3.8) is 0 Å². The van der Waals surface area contributed by atoms with E-state index >= 15 is 0 Å². The largest absolute Gasteiger partial charge is 0.399 e. The van der Waals surface area contributed by atoms with Crippen molar-refractivity contribution >= 4 is 33.3 Å². The zero-order valence-corrected chi connectivity index (χ0v) is 13.3. The summed E-state index contributed by atoms with van der Waals surface area (Å²) in [5.74, 6) is 0. The molecule has 3 aromatic heterocycles. The molecule has 0 saturated carbocycles. The van der Waals surface area contributed by atoms with Crippen LogP contribution in [0, 0.1) is 0 Å². The monoisotopic (exact) mass is 326 g/mol. The first-order chi connectivity index (χ1) is 12.2. The van der Waals surface area contributed by atoms with Crippen LogP contribution in [0.3, 0.4) is 0 Å². The Bertz CT molecular complexity index is 1330. The molecule has 120 valence electrons. The van der Waals surface area contributed by atoms with Gasteiger partial charge in [0.1, 0.15) is 11.2 Å². The van der Waals surface area contributed by atoms with Crippen LogP contribution in [0.25, 0.3) is 33.3 Å². The van der Waals surface area contributed by atoms with Crippen LogP contribution in [0.5, 0.6) is 0 Å². The van der Waals surface area contributed by atoms with Crippen molar-refractivity contribution in [2.45, 2.75) is 0 Å². The average molecular weight is 326 g/mol. The Hall–Kier alpha value is -3.60. The Morgan fingerprint density at radius 1 is 0.880 bits per heavy atom. The Morgan fingerprint density at radius 3 is 2.52 bits per heavy atom. The number of nitrogen functional groups attached to an aromatic ring is 1. The number of nitrogens with two attached hydrogens (primary N) is 1. The molecule has 2 aromatic carbocycles. The summed E-state index contributed by atoms with van der Waals surface area (Å²) in [6.07, 6.45) is 1.92. The maximum absolute atomic E-state index is 13.3. The van der Waals surface area contributed by atoms with Gasteiger partial charge in [-0.05, 0) is 36.4 Å². The van der Waals surface area contributed by atoms with E-state index < -0.39 is 0 Å². The lowest BCUT2D eigenvalue weighted by molar-refractivity contribution is 1.01. The van der Waals surface area contributed by atoms with Crippen molar-refractivity contribution in [2.75, 3.05) is 5.73 Å². The number of pyridine rings is 2. The lowest BCUT2D eigenvalue weighted by Gasteiger charge is -2.11. The second-order valence-electron chi connectivity index (χ2n) is 5.99. The van der Waals surface area contributed by atoms with Crippen LogP contribution in [0.4, 0.5) is 5.69 Å². The van der Waals surface area contributed by atoms with Gasteiger partial charge in [-0.1, -0.05) is 30.3 Å². The lowest BCUT2D eigenvalue weighted by Crippen LogP contribution is -2.20. The molecule has 3 heterocycles. The Kier molecular flexibility index (Phi) is 2.73. The summed E-state index contributed by atoms with van der Waals surface area (Å²) >= 11 is 0. The first kappa shape index (κ1) is 13.8. The first-order valence-electron chi connectivity index (χ1n) is 8.00. The minimum Gasteiger partial charge on any atom is -0.399 e. The minimum absolute atomic E-state index is 0.0839. The molecule has 0 aliphatic rings. The summed E-state index contributed by atoms with van der Waals surface area (Å²) in [7, 11) is 0. The molecule has 0 fully saturated rings. The molecule has 5 heteroatoms. The number of hydrogen-bond donors (Lipinski definition) is 1. The quantitative estimate of drug-likeness (QED) is 0.480. The van der Waals surface area contributed by atoms with Gasteiger partial charge in [-0.15, -0.1) is 0 Å². The smallest absolute Gasteiger partial charge is 0.264 e. The van der Waals surface area contributed by atoms with E-state index in [1.165, 1.54) is 0 Å². The summed E-state index contributed by atoms with van der Waals surface area (Å²) in [5, 5.41) is 1.49. The van der Waals surface area contributed by atoms with Gasteiger partial charge >= 0.3 is 0 Å². The normalized spacial score (nSPS) is 11.5. The molecule has 0 amide bonds. The predicted octanol–water partition coefficient (Wildman–Crippen LogP) is 3.37. The van der Waals surface area contributed by atoms with E-state index in [0.29, 0.717) is 11.1 Å². The predicted molar refractivity (Wildman–Crippen MR) is 100 cm³/mol. The lowest BCUT2D eigenvalue weighted by atomic mass is 10.1. The Balaban J connectivity index is 2.11. The van der Waals surface area contributed by atoms with Gasteiger partial charge < -0.3 is 5.73 Å². The van der Waals surface area contributed by atoms with Gasteiger partial charge in [0, 0.05) is 22.7 Å². The van der Waals surface area contributed by atoms with E-state index in [2.05, 4.69) is 0 Å². The molecule has 0 radical (unpaired) electrons. The van der Waals surface area contributed by atoms with Crippen molar-refractivity contribution < 1.29 is 0 Å². The van der Waals surface area contributed by atoms with Crippen LogP contribution in [-0.2, 0) is 0 Å². The van der Waals surface area contributed by atoms with Crippen LogP contribution in [-0.4, -0.2) is 14.0 Å². The number of hydrogen-bond acceptors (Lipinski definition) is 3. The molecule has 5 aromatic rings. The van der Waals surface area contributed by atoms with Gasteiger partial charge in [0.05, 0.1) is 5.69 Å². The summed E-state index contributed by atoms with van der Waals surface area (Å²) in [6.45, 7) is 0. The number of anilines is 1. The molecule has 0 atom stereocenters. The topological polar surface area (TPSA) is 65.3 Å². The summed E-state index contributed by atoms with van der Waals surface area (Å²) < 4.78 is 3.63. The maximum atomic E-state index is 13.3. The number of fused-ring (bicyclic) bond motifs is 5. The number of imidazole rings is 1. The number of benzene rings is 2. The van der Waals surface area contributed by atoms with Crippen LogP contribution >= 0.6 is 0 Å². The Morgan fingerprint density at radius 2 is 1.68 bits per heavy atom. The van der Waals surface area contributed by atoms with E-state index in [0.717, 1.165) is 27.9 Å². The van der Waals surface area contributed by atoms with Crippen LogP contribution in [0.15, 0.2) is 77.7 Å². The maximum Gasteiger partial charge on any atom is 0.264 e. The molecule has 2 N–H and O–H groups in total.